The second kappa shape index (κ2) is 5.26. The van der Waals surface area contributed by atoms with Gasteiger partial charge in [-0.2, -0.15) is 0 Å². The van der Waals surface area contributed by atoms with Gasteiger partial charge >= 0.3 is 0 Å². The van der Waals surface area contributed by atoms with Crippen LogP contribution in [-0.2, 0) is 4.79 Å². The summed E-state index contributed by atoms with van der Waals surface area (Å²) in [4.78, 5) is 16.1. The number of benzene rings is 1. The van der Waals surface area contributed by atoms with E-state index in [9.17, 15) is 4.79 Å². The molecule has 0 aliphatic rings. The summed E-state index contributed by atoms with van der Waals surface area (Å²) in [5.74, 6) is 0.215. The number of ketones is 1. The van der Waals surface area contributed by atoms with Crippen LogP contribution in [0.5, 0.6) is 0 Å². The van der Waals surface area contributed by atoms with Crippen molar-refractivity contribution in [1.82, 2.24) is 0 Å². The summed E-state index contributed by atoms with van der Waals surface area (Å²) < 4.78 is 0. The third kappa shape index (κ3) is 3.81. The van der Waals surface area contributed by atoms with Gasteiger partial charge in [0.2, 0.25) is 0 Å². The molecule has 0 spiro atoms. The number of aryl methyl sites for hydroxylation is 2. The Bertz CT molecular complexity index is 418. The molecule has 0 atom stereocenters. The molecule has 0 unspecified atom stereocenters. The van der Waals surface area contributed by atoms with Crippen LogP contribution in [0, 0.1) is 19.3 Å². The summed E-state index contributed by atoms with van der Waals surface area (Å²) in [5.41, 5.74) is 2.98. The van der Waals surface area contributed by atoms with Crippen LogP contribution < -0.4 is 0 Å². The number of nitrogens with zero attached hydrogens (tertiary/aromatic N) is 1. The van der Waals surface area contributed by atoms with Crippen molar-refractivity contribution in [3.63, 3.8) is 0 Å². The van der Waals surface area contributed by atoms with Gasteiger partial charge in [-0.25, -0.2) is 0 Å². The monoisotopic (exact) mass is 231 g/mol. The molecule has 0 bridgehead atoms. The SMILES string of the molecule is Cc1cccc(C)c1N=CCC(=O)C(C)(C)C. The molecule has 2 heteroatoms. The first kappa shape index (κ1) is 13.6. The molecule has 1 rings (SSSR count). The Morgan fingerprint density at radius 2 is 1.76 bits per heavy atom. The number of hydrogen-bond acceptors (Lipinski definition) is 2. The summed E-state index contributed by atoms with van der Waals surface area (Å²) in [6, 6.07) is 6.08. The van der Waals surface area contributed by atoms with Crippen molar-refractivity contribution in [3.8, 4) is 0 Å². The molecular formula is C15H21NO. The van der Waals surface area contributed by atoms with E-state index in [0.29, 0.717) is 6.42 Å². The van der Waals surface area contributed by atoms with Crippen LogP contribution >= 0.6 is 0 Å². The van der Waals surface area contributed by atoms with Gasteiger partial charge in [0.1, 0.15) is 5.78 Å². The van der Waals surface area contributed by atoms with Gasteiger partial charge in [0.15, 0.2) is 0 Å². The van der Waals surface area contributed by atoms with E-state index in [-0.39, 0.29) is 11.2 Å². The summed E-state index contributed by atoms with van der Waals surface area (Å²) in [5, 5.41) is 0. The van der Waals surface area contributed by atoms with Crippen LogP contribution in [0.2, 0.25) is 0 Å². The maximum absolute atomic E-state index is 11.7. The predicted molar refractivity (Wildman–Crippen MR) is 73.1 cm³/mol. The lowest BCUT2D eigenvalue weighted by Gasteiger charge is -2.14. The number of rotatable bonds is 3. The molecule has 92 valence electrons. The highest BCUT2D eigenvalue weighted by molar-refractivity contribution is 5.95. The third-order valence-corrected chi connectivity index (χ3v) is 2.77. The lowest BCUT2D eigenvalue weighted by atomic mass is 9.89. The van der Waals surface area contributed by atoms with Crippen LogP contribution in [0.1, 0.15) is 38.3 Å². The quantitative estimate of drug-likeness (QED) is 0.723. The second-order valence-electron chi connectivity index (χ2n) is 5.43. The Balaban J connectivity index is 2.76. The number of hydrogen-bond donors (Lipinski definition) is 0. The highest BCUT2D eigenvalue weighted by Gasteiger charge is 2.19. The van der Waals surface area contributed by atoms with Crippen molar-refractivity contribution in [2.75, 3.05) is 0 Å². The van der Waals surface area contributed by atoms with E-state index in [1.165, 1.54) is 0 Å². The number of carbonyl (C=O) groups excluding carboxylic acids is 1. The fraction of sp³-hybridized carbons (Fsp3) is 0.467. The van der Waals surface area contributed by atoms with Crippen molar-refractivity contribution in [1.29, 1.82) is 0 Å². The lowest BCUT2D eigenvalue weighted by molar-refractivity contribution is -0.124. The Morgan fingerprint density at radius 1 is 1.24 bits per heavy atom. The Kier molecular flexibility index (Phi) is 4.22. The fourth-order valence-electron chi connectivity index (χ4n) is 1.54. The van der Waals surface area contributed by atoms with Crippen molar-refractivity contribution < 1.29 is 4.79 Å². The summed E-state index contributed by atoms with van der Waals surface area (Å²) in [6.07, 6.45) is 2.13. The smallest absolute Gasteiger partial charge is 0.143 e. The standard InChI is InChI=1S/C15H21NO/c1-11-7-6-8-12(2)14(11)16-10-9-13(17)15(3,4)5/h6-8,10H,9H2,1-5H3. The highest BCUT2D eigenvalue weighted by Crippen LogP contribution is 2.23. The summed E-state index contributed by atoms with van der Waals surface area (Å²) in [7, 11) is 0. The zero-order valence-corrected chi connectivity index (χ0v) is 11.4. The van der Waals surface area contributed by atoms with Gasteiger partial charge < -0.3 is 0 Å². The average molecular weight is 231 g/mol. The van der Waals surface area contributed by atoms with Crippen molar-refractivity contribution >= 4 is 17.7 Å². The lowest BCUT2D eigenvalue weighted by Crippen LogP contribution is -2.19. The maximum atomic E-state index is 11.7. The number of para-hydroxylation sites is 1. The largest absolute Gasteiger partial charge is 0.299 e. The molecule has 0 fully saturated rings. The first-order valence-electron chi connectivity index (χ1n) is 5.94. The van der Waals surface area contributed by atoms with Crippen LogP contribution in [0.25, 0.3) is 0 Å². The van der Waals surface area contributed by atoms with E-state index >= 15 is 0 Å². The third-order valence-electron chi connectivity index (χ3n) is 2.77. The second-order valence-corrected chi connectivity index (χ2v) is 5.43. The minimum Gasteiger partial charge on any atom is -0.299 e. The van der Waals surface area contributed by atoms with E-state index in [1.54, 1.807) is 6.21 Å². The zero-order valence-electron chi connectivity index (χ0n) is 11.4. The molecule has 1 aromatic carbocycles. The molecule has 2 nitrogen and oxygen atoms in total. The number of carbonyl (C=O) groups is 1. The Labute approximate surface area is 104 Å². The van der Waals surface area contributed by atoms with Gasteiger partial charge in [-0.05, 0) is 25.0 Å². The molecule has 0 aliphatic carbocycles. The number of Topliss-reactive ketones (excluding diaryl/α,β-unsaturated/α-hetero) is 1. The average Bonchev–Trinajstić information content (AvgIpc) is 2.20. The maximum Gasteiger partial charge on any atom is 0.143 e. The predicted octanol–water partition coefficient (Wildman–Crippen LogP) is 4.01. The fourth-order valence-corrected chi connectivity index (χ4v) is 1.54. The first-order valence-corrected chi connectivity index (χ1v) is 5.94. The van der Waals surface area contributed by atoms with Crippen molar-refractivity contribution in [3.05, 3.63) is 29.3 Å². The van der Waals surface area contributed by atoms with Gasteiger partial charge in [-0.3, -0.25) is 9.79 Å². The molecule has 0 aromatic heterocycles. The van der Waals surface area contributed by atoms with Gasteiger partial charge in [0.25, 0.3) is 0 Å². The van der Waals surface area contributed by atoms with Gasteiger partial charge in [0.05, 0.1) is 5.69 Å². The minimum absolute atomic E-state index is 0.215. The van der Waals surface area contributed by atoms with E-state index in [4.69, 9.17) is 0 Å². The molecule has 17 heavy (non-hydrogen) atoms. The normalized spacial score (nSPS) is 12.1. The molecule has 0 aliphatic heterocycles. The molecule has 0 saturated heterocycles. The van der Waals surface area contributed by atoms with Crippen LogP contribution in [-0.4, -0.2) is 12.0 Å². The Morgan fingerprint density at radius 3 is 2.24 bits per heavy atom. The van der Waals surface area contributed by atoms with Crippen LogP contribution in [0.15, 0.2) is 23.2 Å². The Hall–Kier alpha value is -1.44. The van der Waals surface area contributed by atoms with E-state index in [0.717, 1.165) is 16.8 Å². The zero-order chi connectivity index (χ0) is 13.1. The van der Waals surface area contributed by atoms with Gasteiger partial charge in [0, 0.05) is 18.1 Å². The highest BCUT2D eigenvalue weighted by atomic mass is 16.1. The topological polar surface area (TPSA) is 29.4 Å². The molecule has 1 aromatic rings. The summed E-state index contributed by atoms with van der Waals surface area (Å²) >= 11 is 0. The van der Waals surface area contributed by atoms with E-state index in [1.807, 2.05) is 52.8 Å². The van der Waals surface area contributed by atoms with E-state index < -0.39 is 0 Å². The first-order chi connectivity index (χ1) is 7.82. The molecule has 0 saturated carbocycles. The van der Waals surface area contributed by atoms with Crippen molar-refractivity contribution in [2.45, 2.75) is 41.0 Å². The molecule has 0 N–H and O–H groups in total. The molecule has 0 amide bonds. The minimum atomic E-state index is -0.285. The van der Waals surface area contributed by atoms with Crippen LogP contribution in [0.4, 0.5) is 5.69 Å². The molecule has 0 heterocycles. The van der Waals surface area contributed by atoms with Crippen molar-refractivity contribution in [2.24, 2.45) is 10.4 Å². The summed E-state index contributed by atoms with van der Waals surface area (Å²) in [6.45, 7) is 9.86. The molecule has 0 radical (unpaired) electrons. The van der Waals surface area contributed by atoms with Crippen LogP contribution in [0.3, 0.4) is 0 Å². The molecular weight excluding hydrogens is 210 g/mol. The van der Waals surface area contributed by atoms with E-state index in [2.05, 4.69) is 4.99 Å². The number of aliphatic imine (C=N–C) groups is 1. The van der Waals surface area contributed by atoms with Gasteiger partial charge in [-0.1, -0.05) is 39.0 Å². The van der Waals surface area contributed by atoms with Gasteiger partial charge in [-0.15, -0.1) is 0 Å².